The molecule has 0 spiro atoms. The third-order valence-electron chi connectivity index (χ3n) is 2.12. The van der Waals surface area contributed by atoms with E-state index in [0.717, 1.165) is 5.56 Å². The molecule has 4 heteroatoms. The van der Waals surface area contributed by atoms with Crippen molar-refractivity contribution < 1.29 is 15.0 Å². The van der Waals surface area contributed by atoms with Gasteiger partial charge in [-0.25, -0.2) is 4.79 Å². The summed E-state index contributed by atoms with van der Waals surface area (Å²) in [6.45, 7) is 1.65. The van der Waals surface area contributed by atoms with Crippen molar-refractivity contribution in [3.63, 3.8) is 0 Å². The lowest BCUT2D eigenvalue weighted by atomic mass is 9.96. The SMILES string of the molecule is CC(c1ccc(Cl)cc1)C(O)C(=O)O. The average molecular weight is 215 g/mol. The number of rotatable bonds is 3. The molecular weight excluding hydrogens is 204 g/mol. The number of carbonyl (C=O) groups is 1. The van der Waals surface area contributed by atoms with E-state index < -0.39 is 18.0 Å². The van der Waals surface area contributed by atoms with Gasteiger partial charge >= 0.3 is 5.97 Å². The Hall–Kier alpha value is -1.06. The van der Waals surface area contributed by atoms with Gasteiger partial charge in [-0.05, 0) is 17.7 Å². The van der Waals surface area contributed by atoms with Crippen molar-refractivity contribution in [1.82, 2.24) is 0 Å². The number of aliphatic carboxylic acids is 1. The second-order valence-corrected chi connectivity index (χ2v) is 3.56. The number of aliphatic hydroxyl groups is 1. The zero-order valence-electron chi connectivity index (χ0n) is 7.64. The van der Waals surface area contributed by atoms with Crippen LogP contribution in [0.5, 0.6) is 0 Å². The van der Waals surface area contributed by atoms with Crippen molar-refractivity contribution in [2.75, 3.05) is 0 Å². The Kier molecular flexibility index (Phi) is 3.49. The molecule has 0 saturated heterocycles. The van der Waals surface area contributed by atoms with E-state index in [0.29, 0.717) is 5.02 Å². The average Bonchev–Trinajstić information content (AvgIpc) is 2.16. The standard InChI is InChI=1S/C10H11ClO3/c1-6(9(12)10(13)14)7-2-4-8(11)5-3-7/h2-6,9,12H,1H3,(H,13,14). The van der Waals surface area contributed by atoms with E-state index in [4.69, 9.17) is 16.7 Å². The highest BCUT2D eigenvalue weighted by Crippen LogP contribution is 2.21. The first-order valence-corrected chi connectivity index (χ1v) is 4.56. The molecular formula is C10H11ClO3. The van der Waals surface area contributed by atoms with E-state index in [1.165, 1.54) is 0 Å². The molecule has 0 aliphatic heterocycles. The number of carboxylic acid groups (broad SMARTS) is 1. The van der Waals surface area contributed by atoms with Crippen LogP contribution in [0.3, 0.4) is 0 Å². The van der Waals surface area contributed by atoms with Gasteiger partial charge in [-0.2, -0.15) is 0 Å². The van der Waals surface area contributed by atoms with Gasteiger partial charge in [-0.3, -0.25) is 0 Å². The highest BCUT2D eigenvalue weighted by Gasteiger charge is 2.22. The monoisotopic (exact) mass is 214 g/mol. The smallest absolute Gasteiger partial charge is 0.333 e. The molecule has 0 saturated carbocycles. The zero-order chi connectivity index (χ0) is 10.7. The summed E-state index contributed by atoms with van der Waals surface area (Å²) in [4.78, 5) is 10.5. The van der Waals surface area contributed by atoms with Crippen molar-refractivity contribution in [3.05, 3.63) is 34.9 Å². The first-order valence-electron chi connectivity index (χ1n) is 4.18. The molecule has 0 heterocycles. The maximum atomic E-state index is 10.5. The molecule has 0 aliphatic carbocycles. The van der Waals surface area contributed by atoms with Crippen molar-refractivity contribution >= 4 is 17.6 Å². The maximum absolute atomic E-state index is 10.5. The van der Waals surface area contributed by atoms with Gasteiger partial charge in [-0.15, -0.1) is 0 Å². The predicted molar refractivity (Wildman–Crippen MR) is 53.5 cm³/mol. The van der Waals surface area contributed by atoms with Crippen LogP contribution >= 0.6 is 11.6 Å². The minimum Gasteiger partial charge on any atom is -0.479 e. The van der Waals surface area contributed by atoms with E-state index in [9.17, 15) is 9.90 Å². The molecule has 0 bridgehead atoms. The molecule has 0 aliphatic rings. The first kappa shape index (κ1) is 11.0. The van der Waals surface area contributed by atoms with E-state index >= 15 is 0 Å². The quantitative estimate of drug-likeness (QED) is 0.808. The Labute approximate surface area is 86.9 Å². The number of hydrogen-bond donors (Lipinski definition) is 2. The summed E-state index contributed by atoms with van der Waals surface area (Å²) in [6.07, 6.45) is -1.38. The summed E-state index contributed by atoms with van der Waals surface area (Å²) in [5.41, 5.74) is 0.754. The van der Waals surface area contributed by atoms with Crippen LogP contribution in [0.4, 0.5) is 0 Å². The molecule has 0 aromatic heterocycles. The van der Waals surface area contributed by atoms with Gasteiger partial charge in [0.15, 0.2) is 6.10 Å². The van der Waals surface area contributed by atoms with Gasteiger partial charge in [0.1, 0.15) is 0 Å². The second kappa shape index (κ2) is 4.44. The van der Waals surface area contributed by atoms with Gasteiger partial charge in [-0.1, -0.05) is 30.7 Å². The van der Waals surface area contributed by atoms with Crippen molar-refractivity contribution in [1.29, 1.82) is 0 Å². The highest BCUT2D eigenvalue weighted by molar-refractivity contribution is 6.30. The fourth-order valence-corrected chi connectivity index (χ4v) is 1.29. The van der Waals surface area contributed by atoms with E-state index in [2.05, 4.69) is 0 Å². The molecule has 2 atom stereocenters. The number of halogens is 1. The molecule has 1 aromatic rings. The Balaban J connectivity index is 2.84. The van der Waals surface area contributed by atoms with E-state index in [1.54, 1.807) is 31.2 Å². The Bertz CT molecular complexity index is 321. The third kappa shape index (κ3) is 2.47. The van der Waals surface area contributed by atoms with Crippen molar-refractivity contribution in [2.24, 2.45) is 0 Å². The summed E-state index contributed by atoms with van der Waals surface area (Å²) >= 11 is 5.68. The number of aliphatic hydroxyl groups excluding tert-OH is 1. The highest BCUT2D eigenvalue weighted by atomic mass is 35.5. The molecule has 76 valence electrons. The predicted octanol–water partition coefficient (Wildman–Crippen LogP) is 1.89. The molecule has 0 amide bonds. The fourth-order valence-electron chi connectivity index (χ4n) is 1.16. The summed E-state index contributed by atoms with van der Waals surface area (Å²) in [5.74, 6) is -1.66. The maximum Gasteiger partial charge on any atom is 0.333 e. The molecule has 1 rings (SSSR count). The Morgan fingerprint density at radius 2 is 1.86 bits per heavy atom. The minimum absolute atomic E-state index is 0.440. The van der Waals surface area contributed by atoms with Gasteiger partial charge in [0, 0.05) is 10.9 Å². The van der Waals surface area contributed by atoms with E-state index in [-0.39, 0.29) is 0 Å². The normalized spacial score (nSPS) is 14.8. The molecule has 2 unspecified atom stereocenters. The molecule has 0 radical (unpaired) electrons. The Morgan fingerprint density at radius 1 is 1.36 bits per heavy atom. The molecule has 3 nitrogen and oxygen atoms in total. The lowest BCUT2D eigenvalue weighted by Crippen LogP contribution is -2.25. The molecule has 0 fully saturated rings. The second-order valence-electron chi connectivity index (χ2n) is 3.12. The molecule has 2 N–H and O–H groups in total. The van der Waals surface area contributed by atoms with Gasteiger partial charge in [0.05, 0.1) is 0 Å². The minimum atomic E-state index is -1.38. The summed E-state index contributed by atoms with van der Waals surface area (Å²) in [7, 11) is 0. The van der Waals surface area contributed by atoms with Crippen molar-refractivity contribution in [3.8, 4) is 0 Å². The van der Waals surface area contributed by atoms with Crippen molar-refractivity contribution in [2.45, 2.75) is 18.9 Å². The third-order valence-corrected chi connectivity index (χ3v) is 2.37. The van der Waals surface area contributed by atoms with Crippen LogP contribution in [-0.4, -0.2) is 22.3 Å². The summed E-state index contributed by atoms with van der Waals surface area (Å²) in [5, 5.41) is 18.5. The van der Waals surface area contributed by atoms with Crippen LogP contribution in [0, 0.1) is 0 Å². The number of carboxylic acids is 1. The van der Waals surface area contributed by atoms with Crippen LogP contribution in [-0.2, 0) is 4.79 Å². The summed E-state index contributed by atoms with van der Waals surface area (Å²) in [6, 6.07) is 6.75. The van der Waals surface area contributed by atoms with Crippen LogP contribution in [0.25, 0.3) is 0 Å². The van der Waals surface area contributed by atoms with Crippen LogP contribution in [0.15, 0.2) is 24.3 Å². The number of hydrogen-bond acceptors (Lipinski definition) is 2. The van der Waals surface area contributed by atoms with Crippen LogP contribution < -0.4 is 0 Å². The van der Waals surface area contributed by atoms with Crippen LogP contribution in [0.2, 0.25) is 5.02 Å². The lowest BCUT2D eigenvalue weighted by Gasteiger charge is -2.15. The van der Waals surface area contributed by atoms with Gasteiger partial charge < -0.3 is 10.2 Å². The molecule has 14 heavy (non-hydrogen) atoms. The topological polar surface area (TPSA) is 57.5 Å². The number of benzene rings is 1. The fraction of sp³-hybridized carbons (Fsp3) is 0.300. The lowest BCUT2D eigenvalue weighted by molar-refractivity contribution is -0.147. The molecule has 1 aromatic carbocycles. The van der Waals surface area contributed by atoms with E-state index in [1.807, 2.05) is 0 Å². The van der Waals surface area contributed by atoms with Gasteiger partial charge in [0.25, 0.3) is 0 Å². The van der Waals surface area contributed by atoms with Crippen LogP contribution in [0.1, 0.15) is 18.4 Å². The van der Waals surface area contributed by atoms with Gasteiger partial charge in [0.2, 0.25) is 0 Å². The summed E-state index contributed by atoms with van der Waals surface area (Å²) < 4.78 is 0. The zero-order valence-corrected chi connectivity index (χ0v) is 8.40. The first-order chi connectivity index (χ1) is 6.52. The Morgan fingerprint density at radius 3 is 2.29 bits per heavy atom. The largest absolute Gasteiger partial charge is 0.479 e.